The summed E-state index contributed by atoms with van der Waals surface area (Å²) in [5, 5.41) is 0. The molecule has 2 fully saturated rings. The smallest absolute Gasteiger partial charge is 0.233 e. The first-order chi connectivity index (χ1) is 9.11. The highest BCUT2D eigenvalue weighted by Crippen LogP contribution is 2.47. The van der Waals surface area contributed by atoms with Crippen molar-refractivity contribution in [1.82, 2.24) is 4.90 Å². The molecule has 1 aromatic carbocycles. The predicted molar refractivity (Wildman–Crippen MR) is 71.1 cm³/mol. The molecule has 19 heavy (non-hydrogen) atoms. The summed E-state index contributed by atoms with van der Waals surface area (Å²) in [6, 6.07) is 7.75. The number of piperidine rings is 1. The second-order valence-corrected chi connectivity index (χ2v) is 5.44. The van der Waals surface area contributed by atoms with Crippen LogP contribution in [0.1, 0.15) is 30.5 Å². The van der Waals surface area contributed by atoms with Gasteiger partial charge in [-0.25, -0.2) is 0 Å². The maximum atomic E-state index is 11.9. The second kappa shape index (κ2) is 4.46. The summed E-state index contributed by atoms with van der Waals surface area (Å²) in [7, 11) is 0. The van der Waals surface area contributed by atoms with E-state index in [1.165, 1.54) is 10.5 Å². The van der Waals surface area contributed by atoms with Crippen LogP contribution in [-0.2, 0) is 16.0 Å². The highest BCUT2D eigenvalue weighted by Gasteiger charge is 2.58. The molecule has 0 bridgehead atoms. The van der Waals surface area contributed by atoms with Crippen LogP contribution in [-0.4, -0.2) is 23.3 Å². The second-order valence-electron chi connectivity index (χ2n) is 5.44. The topological polar surface area (TPSA) is 63.4 Å². The molecule has 0 radical (unpaired) electrons. The fraction of sp³-hybridized carbons (Fsp3) is 0.467. The lowest BCUT2D eigenvalue weighted by Gasteiger charge is -2.21. The number of carbonyl (C=O) groups is 2. The molecule has 0 spiro atoms. The normalized spacial score (nSPS) is 26.5. The van der Waals surface area contributed by atoms with Gasteiger partial charge in [-0.1, -0.05) is 31.2 Å². The van der Waals surface area contributed by atoms with Crippen LogP contribution in [0.2, 0.25) is 0 Å². The largest absolute Gasteiger partial charge is 0.322 e. The van der Waals surface area contributed by atoms with Crippen LogP contribution in [0.3, 0.4) is 0 Å². The summed E-state index contributed by atoms with van der Waals surface area (Å²) in [4.78, 5) is 25.1. The van der Waals surface area contributed by atoms with Crippen molar-refractivity contribution in [2.45, 2.75) is 25.8 Å². The van der Waals surface area contributed by atoms with Crippen molar-refractivity contribution in [2.75, 3.05) is 6.54 Å². The number of hydrogen-bond acceptors (Lipinski definition) is 3. The molecule has 1 aliphatic carbocycles. The zero-order valence-corrected chi connectivity index (χ0v) is 11.0. The van der Waals surface area contributed by atoms with Crippen LogP contribution >= 0.6 is 0 Å². The Hall–Kier alpha value is -1.68. The maximum absolute atomic E-state index is 11.9. The summed E-state index contributed by atoms with van der Waals surface area (Å²) >= 11 is 0. The monoisotopic (exact) mass is 258 g/mol. The Morgan fingerprint density at radius 2 is 1.79 bits per heavy atom. The van der Waals surface area contributed by atoms with Crippen molar-refractivity contribution in [2.24, 2.45) is 17.6 Å². The molecular formula is C15H18N2O2. The molecule has 2 N–H and O–H groups in total. The van der Waals surface area contributed by atoms with Crippen LogP contribution < -0.4 is 5.73 Å². The fourth-order valence-corrected chi connectivity index (χ4v) is 2.73. The number of amides is 2. The number of aryl methyl sites for hydroxylation is 1. The third-order valence-electron chi connectivity index (χ3n) is 4.15. The standard InChI is InChI=1S/C15H18N2O2/c1-2-9-3-5-10(6-4-9)13(16)8-17-14(18)11-7-12(11)15(17)19/h3-6,11-13H,2,7-8,16H2,1H3. The van der Waals surface area contributed by atoms with Crippen LogP contribution in [0.15, 0.2) is 24.3 Å². The van der Waals surface area contributed by atoms with E-state index in [4.69, 9.17) is 5.73 Å². The van der Waals surface area contributed by atoms with E-state index in [9.17, 15) is 9.59 Å². The Balaban J connectivity index is 1.69. The number of fused-ring (bicyclic) bond motifs is 1. The summed E-state index contributed by atoms with van der Waals surface area (Å²) in [6.07, 6.45) is 1.73. The van der Waals surface area contributed by atoms with Crippen molar-refractivity contribution in [3.05, 3.63) is 35.4 Å². The molecule has 1 heterocycles. The van der Waals surface area contributed by atoms with Crippen molar-refractivity contribution in [1.29, 1.82) is 0 Å². The molecule has 2 amide bonds. The molecule has 1 aromatic rings. The van der Waals surface area contributed by atoms with Gasteiger partial charge in [0.15, 0.2) is 0 Å². The third-order valence-corrected chi connectivity index (χ3v) is 4.15. The first-order valence-corrected chi connectivity index (χ1v) is 6.81. The summed E-state index contributed by atoms with van der Waals surface area (Å²) in [5.41, 5.74) is 8.33. The molecule has 1 saturated heterocycles. The van der Waals surface area contributed by atoms with Crippen molar-refractivity contribution < 1.29 is 9.59 Å². The number of carbonyl (C=O) groups excluding carboxylic acids is 2. The average Bonchev–Trinajstić information content (AvgIpc) is 3.19. The van der Waals surface area contributed by atoms with E-state index >= 15 is 0 Å². The number of hydrogen-bond donors (Lipinski definition) is 1. The molecule has 0 aromatic heterocycles. The molecule has 4 heteroatoms. The molecule has 1 saturated carbocycles. The number of rotatable bonds is 4. The Morgan fingerprint density at radius 1 is 1.21 bits per heavy atom. The molecular weight excluding hydrogens is 240 g/mol. The molecule has 3 unspecified atom stereocenters. The van der Waals surface area contributed by atoms with E-state index in [0.717, 1.165) is 18.4 Å². The summed E-state index contributed by atoms with van der Waals surface area (Å²) in [6.45, 7) is 2.40. The van der Waals surface area contributed by atoms with E-state index in [1.807, 2.05) is 24.3 Å². The van der Waals surface area contributed by atoms with Gasteiger partial charge in [-0.3, -0.25) is 14.5 Å². The van der Waals surface area contributed by atoms with Gasteiger partial charge in [-0.05, 0) is 24.0 Å². The number of nitrogens with two attached hydrogens (primary N) is 1. The lowest BCUT2D eigenvalue weighted by atomic mass is 10.0. The molecule has 3 atom stereocenters. The van der Waals surface area contributed by atoms with Crippen LogP contribution in [0.25, 0.3) is 0 Å². The Labute approximate surface area is 112 Å². The van der Waals surface area contributed by atoms with Gasteiger partial charge < -0.3 is 5.73 Å². The number of benzene rings is 1. The van der Waals surface area contributed by atoms with Gasteiger partial charge in [0, 0.05) is 12.6 Å². The minimum atomic E-state index is -0.295. The first kappa shape index (κ1) is 12.4. The van der Waals surface area contributed by atoms with Crippen LogP contribution in [0, 0.1) is 11.8 Å². The summed E-state index contributed by atoms with van der Waals surface area (Å²) in [5.74, 6) is -0.143. The minimum Gasteiger partial charge on any atom is -0.322 e. The first-order valence-electron chi connectivity index (χ1n) is 6.81. The van der Waals surface area contributed by atoms with E-state index in [2.05, 4.69) is 6.92 Å². The Kier molecular flexibility index (Phi) is 2.90. The van der Waals surface area contributed by atoms with Crippen LogP contribution in [0.4, 0.5) is 0 Å². The lowest BCUT2D eigenvalue weighted by molar-refractivity contribution is -0.141. The molecule has 2 aliphatic rings. The van der Waals surface area contributed by atoms with Gasteiger partial charge in [0.1, 0.15) is 0 Å². The van der Waals surface area contributed by atoms with Gasteiger partial charge in [0.2, 0.25) is 11.8 Å². The van der Waals surface area contributed by atoms with Gasteiger partial charge in [-0.2, -0.15) is 0 Å². The predicted octanol–water partition coefficient (Wildman–Crippen LogP) is 1.25. The van der Waals surface area contributed by atoms with E-state index in [-0.39, 0.29) is 29.7 Å². The van der Waals surface area contributed by atoms with E-state index in [0.29, 0.717) is 6.54 Å². The van der Waals surface area contributed by atoms with Gasteiger partial charge >= 0.3 is 0 Å². The summed E-state index contributed by atoms with van der Waals surface area (Å²) < 4.78 is 0. The SMILES string of the molecule is CCc1ccc(C(N)CN2C(=O)C3CC3C2=O)cc1. The highest BCUT2D eigenvalue weighted by molar-refractivity contribution is 6.08. The lowest BCUT2D eigenvalue weighted by Crippen LogP contribution is -2.38. The quantitative estimate of drug-likeness (QED) is 0.827. The minimum absolute atomic E-state index is 0.0318. The third kappa shape index (κ3) is 2.06. The fourth-order valence-electron chi connectivity index (χ4n) is 2.73. The zero-order valence-electron chi connectivity index (χ0n) is 11.0. The highest BCUT2D eigenvalue weighted by atomic mass is 16.2. The van der Waals surface area contributed by atoms with Crippen molar-refractivity contribution >= 4 is 11.8 Å². The average molecular weight is 258 g/mol. The van der Waals surface area contributed by atoms with Crippen LogP contribution in [0.5, 0.6) is 0 Å². The molecule has 3 rings (SSSR count). The number of imide groups is 1. The number of likely N-dealkylation sites (tertiary alicyclic amines) is 1. The van der Waals surface area contributed by atoms with Crippen molar-refractivity contribution in [3.8, 4) is 0 Å². The van der Waals surface area contributed by atoms with E-state index < -0.39 is 0 Å². The Morgan fingerprint density at radius 3 is 2.32 bits per heavy atom. The Bertz CT molecular complexity index is 503. The van der Waals surface area contributed by atoms with E-state index in [1.54, 1.807) is 0 Å². The molecule has 1 aliphatic heterocycles. The van der Waals surface area contributed by atoms with Gasteiger partial charge in [0.05, 0.1) is 11.8 Å². The number of nitrogens with zero attached hydrogens (tertiary/aromatic N) is 1. The van der Waals surface area contributed by atoms with Gasteiger partial charge in [-0.15, -0.1) is 0 Å². The molecule has 4 nitrogen and oxygen atoms in total. The molecule has 100 valence electrons. The maximum Gasteiger partial charge on any atom is 0.233 e. The van der Waals surface area contributed by atoms with Gasteiger partial charge in [0.25, 0.3) is 0 Å². The van der Waals surface area contributed by atoms with Crippen molar-refractivity contribution in [3.63, 3.8) is 0 Å². The zero-order chi connectivity index (χ0) is 13.6.